The molecule has 2 rings (SSSR count). The van der Waals surface area contributed by atoms with Gasteiger partial charge in [0.1, 0.15) is 6.61 Å². The van der Waals surface area contributed by atoms with Crippen LogP contribution in [0.1, 0.15) is 21.5 Å². The van der Waals surface area contributed by atoms with Crippen LogP contribution >= 0.6 is 0 Å². The highest BCUT2D eigenvalue weighted by molar-refractivity contribution is 5.94. The topological polar surface area (TPSA) is 47.6 Å². The number of ether oxygens (including phenoxy) is 2. The van der Waals surface area contributed by atoms with Crippen molar-refractivity contribution < 1.29 is 14.3 Å². The first-order valence-corrected chi connectivity index (χ1v) is 7.39. The SMILES string of the molecule is C=CCOc1ccc(C(=O)NCc2cccc(C)c2)cc1OC. The highest BCUT2D eigenvalue weighted by Crippen LogP contribution is 2.28. The van der Waals surface area contributed by atoms with Crippen molar-refractivity contribution in [1.29, 1.82) is 0 Å². The van der Waals surface area contributed by atoms with Gasteiger partial charge in [0.15, 0.2) is 11.5 Å². The van der Waals surface area contributed by atoms with Gasteiger partial charge in [0.05, 0.1) is 7.11 Å². The van der Waals surface area contributed by atoms with Crippen LogP contribution in [0, 0.1) is 6.92 Å². The van der Waals surface area contributed by atoms with Crippen LogP contribution in [0.15, 0.2) is 55.1 Å². The van der Waals surface area contributed by atoms with E-state index < -0.39 is 0 Å². The highest BCUT2D eigenvalue weighted by Gasteiger charge is 2.11. The predicted molar refractivity (Wildman–Crippen MR) is 91.0 cm³/mol. The summed E-state index contributed by atoms with van der Waals surface area (Å²) in [6.45, 7) is 6.50. The fraction of sp³-hybridized carbons (Fsp3) is 0.211. The van der Waals surface area contributed by atoms with E-state index in [-0.39, 0.29) is 5.91 Å². The molecule has 23 heavy (non-hydrogen) atoms. The Labute approximate surface area is 136 Å². The quantitative estimate of drug-likeness (QED) is 0.796. The molecule has 0 fully saturated rings. The molecule has 120 valence electrons. The largest absolute Gasteiger partial charge is 0.493 e. The molecule has 4 nitrogen and oxygen atoms in total. The molecule has 0 spiro atoms. The number of hydrogen-bond donors (Lipinski definition) is 1. The molecule has 0 saturated carbocycles. The molecular weight excluding hydrogens is 290 g/mol. The summed E-state index contributed by atoms with van der Waals surface area (Å²) in [5, 5.41) is 2.90. The van der Waals surface area contributed by atoms with Crippen molar-refractivity contribution in [3.05, 3.63) is 71.8 Å². The van der Waals surface area contributed by atoms with E-state index in [9.17, 15) is 4.79 Å². The lowest BCUT2D eigenvalue weighted by Gasteiger charge is -2.11. The third-order valence-corrected chi connectivity index (χ3v) is 3.32. The molecule has 0 aliphatic rings. The predicted octanol–water partition coefficient (Wildman–Crippen LogP) is 3.50. The smallest absolute Gasteiger partial charge is 0.251 e. The number of methoxy groups -OCH3 is 1. The van der Waals surface area contributed by atoms with Gasteiger partial charge in [0.2, 0.25) is 0 Å². The molecule has 0 aliphatic carbocycles. The van der Waals surface area contributed by atoms with Crippen molar-refractivity contribution in [3.8, 4) is 11.5 Å². The Hall–Kier alpha value is -2.75. The minimum atomic E-state index is -0.153. The van der Waals surface area contributed by atoms with Gasteiger partial charge in [0.25, 0.3) is 5.91 Å². The van der Waals surface area contributed by atoms with E-state index in [0.29, 0.717) is 30.2 Å². The minimum absolute atomic E-state index is 0.153. The van der Waals surface area contributed by atoms with Crippen LogP contribution in [0.25, 0.3) is 0 Å². The maximum atomic E-state index is 12.3. The maximum absolute atomic E-state index is 12.3. The summed E-state index contributed by atoms with van der Waals surface area (Å²) >= 11 is 0. The summed E-state index contributed by atoms with van der Waals surface area (Å²) < 4.78 is 10.8. The number of aryl methyl sites for hydroxylation is 1. The molecule has 0 aromatic heterocycles. The van der Waals surface area contributed by atoms with Gasteiger partial charge in [0, 0.05) is 12.1 Å². The van der Waals surface area contributed by atoms with Gasteiger partial charge in [-0.3, -0.25) is 4.79 Å². The highest BCUT2D eigenvalue weighted by atomic mass is 16.5. The van der Waals surface area contributed by atoms with Crippen LogP contribution in [0.3, 0.4) is 0 Å². The molecule has 2 aromatic rings. The zero-order chi connectivity index (χ0) is 16.7. The molecule has 0 radical (unpaired) electrons. The zero-order valence-corrected chi connectivity index (χ0v) is 13.5. The molecule has 0 unspecified atom stereocenters. The summed E-state index contributed by atoms with van der Waals surface area (Å²) in [5.74, 6) is 0.956. The Balaban J connectivity index is 2.05. The van der Waals surface area contributed by atoms with Crippen LogP contribution in [-0.2, 0) is 6.54 Å². The van der Waals surface area contributed by atoms with Crippen molar-refractivity contribution >= 4 is 5.91 Å². The first-order valence-electron chi connectivity index (χ1n) is 7.39. The second kappa shape index (κ2) is 8.03. The second-order valence-electron chi connectivity index (χ2n) is 5.14. The second-order valence-corrected chi connectivity index (χ2v) is 5.14. The van der Waals surface area contributed by atoms with Crippen LogP contribution in [0.5, 0.6) is 11.5 Å². The van der Waals surface area contributed by atoms with E-state index in [2.05, 4.69) is 11.9 Å². The van der Waals surface area contributed by atoms with Crippen LogP contribution in [0.2, 0.25) is 0 Å². The molecule has 1 N–H and O–H groups in total. The Morgan fingerprint density at radius 1 is 1.22 bits per heavy atom. The maximum Gasteiger partial charge on any atom is 0.251 e. The van der Waals surface area contributed by atoms with Crippen LogP contribution in [-0.4, -0.2) is 19.6 Å². The minimum Gasteiger partial charge on any atom is -0.493 e. The monoisotopic (exact) mass is 311 g/mol. The van der Waals surface area contributed by atoms with Crippen molar-refractivity contribution in [2.75, 3.05) is 13.7 Å². The lowest BCUT2D eigenvalue weighted by molar-refractivity contribution is 0.0950. The molecule has 0 aliphatic heterocycles. The van der Waals surface area contributed by atoms with Crippen molar-refractivity contribution in [3.63, 3.8) is 0 Å². The Morgan fingerprint density at radius 3 is 2.74 bits per heavy atom. The van der Waals surface area contributed by atoms with Gasteiger partial charge in [-0.25, -0.2) is 0 Å². The third-order valence-electron chi connectivity index (χ3n) is 3.32. The van der Waals surface area contributed by atoms with E-state index >= 15 is 0 Å². The first kappa shape index (κ1) is 16.6. The number of benzene rings is 2. The Bertz CT molecular complexity index is 695. The van der Waals surface area contributed by atoms with Crippen LogP contribution < -0.4 is 14.8 Å². The standard InChI is InChI=1S/C19H21NO3/c1-4-10-23-17-9-8-16(12-18(17)22-3)19(21)20-13-15-7-5-6-14(2)11-15/h4-9,11-12H,1,10,13H2,2-3H3,(H,20,21). The molecule has 0 atom stereocenters. The van der Waals surface area contributed by atoms with Crippen molar-refractivity contribution in [2.45, 2.75) is 13.5 Å². The van der Waals surface area contributed by atoms with Crippen molar-refractivity contribution in [1.82, 2.24) is 5.32 Å². The fourth-order valence-electron chi connectivity index (χ4n) is 2.18. The Morgan fingerprint density at radius 2 is 2.04 bits per heavy atom. The first-order chi connectivity index (χ1) is 11.1. The zero-order valence-electron chi connectivity index (χ0n) is 13.5. The third kappa shape index (κ3) is 4.61. The number of hydrogen-bond acceptors (Lipinski definition) is 3. The number of carbonyl (C=O) groups is 1. The lowest BCUT2D eigenvalue weighted by atomic mass is 10.1. The number of carbonyl (C=O) groups excluding carboxylic acids is 1. The van der Waals surface area contributed by atoms with E-state index in [1.165, 1.54) is 5.56 Å². The summed E-state index contributed by atoms with van der Waals surface area (Å²) in [6.07, 6.45) is 1.65. The number of nitrogens with one attached hydrogen (secondary N) is 1. The van der Waals surface area contributed by atoms with Gasteiger partial charge in [-0.2, -0.15) is 0 Å². The van der Waals surface area contributed by atoms with Gasteiger partial charge in [-0.05, 0) is 30.7 Å². The van der Waals surface area contributed by atoms with E-state index in [0.717, 1.165) is 5.56 Å². The van der Waals surface area contributed by atoms with Gasteiger partial charge >= 0.3 is 0 Å². The van der Waals surface area contributed by atoms with E-state index in [1.54, 1.807) is 31.4 Å². The molecule has 2 aromatic carbocycles. The molecule has 1 amide bonds. The molecule has 4 heteroatoms. The van der Waals surface area contributed by atoms with Gasteiger partial charge in [-0.15, -0.1) is 0 Å². The summed E-state index contributed by atoms with van der Waals surface area (Å²) in [5.41, 5.74) is 2.76. The molecule has 0 saturated heterocycles. The summed E-state index contributed by atoms with van der Waals surface area (Å²) in [4.78, 5) is 12.3. The average molecular weight is 311 g/mol. The lowest BCUT2D eigenvalue weighted by Crippen LogP contribution is -2.22. The van der Waals surface area contributed by atoms with E-state index in [4.69, 9.17) is 9.47 Å². The number of amides is 1. The molecule has 0 bridgehead atoms. The fourth-order valence-corrected chi connectivity index (χ4v) is 2.18. The van der Waals surface area contributed by atoms with E-state index in [1.807, 2.05) is 31.2 Å². The van der Waals surface area contributed by atoms with Gasteiger partial charge in [-0.1, -0.05) is 42.5 Å². The summed E-state index contributed by atoms with van der Waals surface area (Å²) in [7, 11) is 1.55. The Kier molecular flexibility index (Phi) is 5.80. The van der Waals surface area contributed by atoms with Crippen LogP contribution in [0.4, 0.5) is 0 Å². The average Bonchev–Trinajstić information content (AvgIpc) is 2.57. The number of rotatable bonds is 7. The molecular formula is C19H21NO3. The summed E-state index contributed by atoms with van der Waals surface area (Å²) in [6, 6.07) is 13.2. The molecule has 0 heterocycles. The van der Waals surface area contributed by atoms with Gasteiger partial charge < -0.3 is 14.8 Å². The normalized spacial score (nSPS) is 10.0. The van der Waals surface area contributed by atoms with Crippen molar-refractivity contribution in [2.24, 2.45) is 0 Å².